The van der Waals surface area contributed by atoms with Gasteiger partial charge in [-0.2, -0.15) is 4.31 Å². The number of amides is 1. The highest BCUT2D eigenvalue weighted by Gasteiger charge is 2.53. The monoisotopic (exact) mass is 425 g/mol. The SMILES string of the molecule is CC[C@@H](C)CN1C(=O)[C@H](C(C)C)NC12CCN(S(=O)(=O)c1ccc(F)cc1)CC2. The van der Waals surface area contributed by atoms with E-state index in [-0.39, 0.29) is 22.8 Å². The van der Waals surface area contributed by atoms with Gasteiger partial charge < -0.3 is 4.90 Å². The lowest BCUT2D eigenvalue weighted by atomic mass is 9.95. The molecule has 1 N–H and O–H groups in total. The summed E-state index contributed by atoms with van der Waals surface area (Å²) in [6, 6.07) is 4.69. The number of halogens is 1. The van der Waals surface area contributed by atoms with E-state index in [0.717, 1.165) is 18.6 Å². The molecule has 2 aliphatic heterocycles. The van der Waals surface area contributed by atoms with E-state index in [1.807, 2.05) is 18.7 Å². The maximum absolute atomic E-state index is 13.2. The van der Waals surface area contributed by atoms with Crippen molar-refractivity contribution in [3.63, 3.8) is 0 Å². The van der Waals surface area contributed by atoms with Gasteiger partial charge in [-0.15, -0.1) is 0 Å². The fourth-order valence-corrected chi connectivity index (χ4v) is 5.67. The fourth-order valence-electron chi connectivity index (χ4n) is 4.23. The molecule has 29 heavy (non-hydrogen) atoms. The summed E-state index contributed by atoms with van der Waals surface area (Å²) in [7, 11) is -3.68. The molecule has 1 spiro atoms. The largest absolute Gasteiger partial charge is 0.323 e. The van der Waals surface area contributed by atoms with Crippen LogP contribution >= 0.6 is 0 Å². The van der Waals surface area contributed by atoms with Gasteiger partial charge in [-0.3, -0.25) is 10.1 Å². The van der Waals surface area contributed by atoms with E-state index in [1.165, 1.54) is 16.4 Å². The van der Waals surface area contributed by atoms with Gasteiger partial charge in [0.05, 0.1) is 16.6 Å². The van der Waals surface area contributed by atoms with Crippen LogP contribution in [-0.4, -0.2) is 54.9 Å². The van der Waals surface area contributed by atoms with Crippen LogP contribution in [0.15, 0.2) is 29.2 Å². The quantitative estimate of drug-likeness (QED) is 0.761. The molecule has 0 bridgehead atoms. The average molecular weight is 426 g/mol. The summed E-state index contributed by atoms with van der Waals surface area (Å²) in [5.74, 6) is 0.206. The Balaban J connectivity index is 1.80. The van der Waals surface area contributed by atoms with Gasteiger partial charge in [-0.05, 0) is 48.9 Å². The van der Waals surface area contributed by atoms with Gasteiger partial charge in [-0.25, -0.2) is 12.8 Å². The Bertz CT molecular complexity index is 833. The van der Waals surface area contributed by atoms with Crippen LogP contribution in [-0.2, 0) is 14.8 Å². The van der Waals surface area contributed by atoms with Crippen molar-refractivity contribution < 1.29 is 17.6 Å². The summed E-state index contributed by atoms with van der Waals surface area (Å²) in [5, 5.41) is 3.56. The van der Waals surface area contributed by atoms with E-state index in [2.05, 4.69) is 19.2 Å². The number of hydrogen-bond acceptors (Lipinski definition) is 4. The molecule has 2 heterocycles. The third-order valence-corrected chi connectivity index (χ3v) is 8.24. The van der Waals surface area contributed by atoms with Gasteiger partial charge in [0.1, 0.15) is 5.82 Å². The highest BCUT2D eigenvalue weighted by molar-refractivity contribution is 7.89. The molecular formula is C21H32FN3O3S. The van der Waals surface area contributed by atoms with Crippen molar-refractivity contribution in [2.45, 2.75) is 63.6 Å². The van der Waals surface area contributed by atoms with Crippen LogP contribution in [0.5, 0.6) is 0 Å². The van der Waals surface area contributed by atoms with Gasteiger partial charge in [-0.1, -0.05) is 34.1 Å². The topological polar surface area (TPSA) is 69.7 Å². The summed E-state index contributed by atoms with van der Waals surface area (Å²) >= 11 is 0. The van der Waals surface area contributed by atoms with Crippen molar-refractivity contribution in [3.05, 3.63) is 30.1 Å². The zero-order chi connectivity index (χ0) is 21.4. The molecule has 1 aromatic carbocycles. The summed E-state index contributed by atoms with van der Waals surface area (Å²) in [4.78, 5) is 15.2. The first-order valence-corrected chi connectivity index (χ1v) is 11.9. The van der Waals surface area contributed by atoms with E-state index in [1.54, 1.807) is 0 Å². The van der Waals surface area contributed by atoms with Gasteiger partial charge in [0, 0.05) is 19.6 Å². The number of sulfonamides is 1. The second kappa shape index (κ2) is 8.32. The van der Waals surface area contributed by atoms with E-state index in [4.69, 9.17) is 0 Å². The molecule has 8 heteroatoms. The fraction of sp³-hybridized carbons (Fsp3) is 0.667. The third kappa shape index (κ3) is 4.20. The Hall–Kier alpha value is -1.51. The molecule has 162 valence electrons. The maximum atomic E-state index is 13.2. The predicted octanol–water partition coefficient (Wildman–Crippen LogP) is 2.81. The third-order valence-electron chi connectivity index (χ3n) is 6.33. The smallest absolute Gasteiger partial charge is 0.243 e. The second-order valence-electron chi connectivity index (χ2n) is 8.72. The Morgan fingerprint density at radius 3 is 2.28 bits per heavy atom. The number of nitrogens with zero attached hydrogens (tertiary/aromatic N) is 2. The molecule has 0 saturated carbocycles. The van der Waals surface area contributed by atoms with Gasteiger partial charge in [0.25, 0.3) is 0 Å². The number of carbonyl (C=O) groups is 1. The van der Waals surface area contributed by atoms with Crippen LogP contribution in [0.4, 0.5) is 4.39 Å². The molecule has 2 fully saturated rings. The molecule has 2 atom stereocenters. The van der Waals surface area contributed by atoms with Crippen LogP contribution in [0.25, 0.3) is 0 Å². The molecule has 0 aliphatic carbocycles. The van der Waals surface area contributed by atoms with Crippen molar-refractivity contribution in [2.75, 3.05) is 19.6 Å². The van der Waals surface area contributed by atoms with E-state index < -0.39 is 21.5 Å². The first kappa shape index (κ1) is 22.2. The molecule has 0 unspecified atom stereocenters. The average Bonchev–Trinajstić information content (AvgIpc) is 2.95. The second-order valence-corrected chi connectivity index (χ2v) is 10.7. The minimum absolute atomic E-state index is 0.0989. The van der Waals surface area contributed by atoms with E-state index >= 15 is 0 Å². The number of piperidine rings is 1. The molecule has 0 radical (unpaired) electrons. The first-order chi connectivity index (χ1) is 13.6. The minimum atomic E-state index is -3.68. The molecule has 1 amide bonds. The summed E-state index contributed by atoms with van der Waals surface area (Å²) in [5.41, 5.74) is -0.496. The number of rotatable bonds is 6. The molecular weight excluding hydrogens is 393 g/mol. The van der Waals surface area contributed by atoms with Crippen molar-refractivity contribution >= 4 is 15.9 Å². The molecule has 3 rings (SSSR count). The maximum Gasteiger partial charge on any atom is 0.243 e. The van der Waals surface area contributed by atoms with Gasteiger partial charge in [0.2, 0.25) is 15.9 Å². The van der Waals surface area contributed by atoms with Crippen LogP contribution in [0.1, 0.15) is 47.0 Å². The van der Waals surface area contributed by atoms with Crippen LogP contribution < -0.4 is 5.32 Å². The molecule has 1 aromatic rings. The number of hydrogen-bond donors (Lipinski definition) is 1. The number of carbonyl (C=O) groups excluding carboxylic acids is 1. The predicted molar refractivity (Wildman–Crippen MR) is 110 cm³/mol. The van der Waals surface area contributed by atoms with Crippen molar-refractivity contribution in [3.8, 4) is 0 Å². The van der Waals surface area contributed by atoms with Crippen molar-refractivity contribution in [2.24, 2.45) is 11.8 Å². The summed E-state index contributed by atoms with van der Waals surface area (Å²) in [6.45, 7) is 9.63. The van der Waals surface area contributed by atoms with E-state index in [0.29, 0.717) is 38.4 Å². The lowest BCUT2D eigenvalue weighted by Gasteiger charge is -2.45. The Morgan fingerprint density at radius 1 is 1.17 bits per heavy atom. The Kier molecular flexibility index (Phi) is 6.36. The Labute approximate surface area is 173 Å². The zero-order valence-electron chi connectivity index (χ0n) is 17.7. The first-order valence-electron chi connectivity index (χ1n) is 10.5. The van der Waals surface area contributed by atoms with Gasteiger partial charge in [0.15, 0.2) is 0 Å². The van der Waals surface area contributed by atoms with Crippen molar-refractivity contribution in [1.82, 2.24) is 14.5 Å². The zero-order valence-corrected chi connectivity index (χ0v) is 18.5. The highest BCUT2D eigenvalue weighted by Crippen LogP contribution is 2.36. The Morgan fingerprint density at radius 2 is 1.76 bits per heavy atom. The molecule has 2 saturated heterocycles. The lowest BCUT2D eigenvalue weighted by Crippen LogP contribution is -2.60. The molecule has 0 aromatic heterocycles. The highest BCUT2D eigenvalue weighted by atomic mass is 32.2. The number of nitrogens with one attached hydrogen (secondary N) is 1. The van der Waals surface area contributed by atoms with Gasteiger partial charge >= 0.3 is 0 Å². The molecule has 6 nitrogen and oxygen atoms in total. The lowest BCUT2D eigenvalue weighted by molar-refractivity contribution is -0.134. The van der Waals surface area contributed by atoms with E-state index in [9.17, 15) is 17.6 Å². The van der Waals surface area contributed by atoms with Crippen LogP contribution in [0.2, 0.25) is 0 Å². The normalized spacial score (nSPS) is 23.9. The van der Waals surface area contributed by atoms with Crippen LogP contribution in [0, 0.1) is 17.7 Å². The van der Waals surface area contributed by atoms with Crippen molar-refractivity contribution in [1.29, 1.82) is 0 Å². The molecule has 2 aliphatic rings. The van der Waals surface area contributed by atoms with Crippen LogP contribution in [0.3, 0.4) is 0 Å². The number of benzene rings is 1. The summed E-state index contributed by atoms with van der Waals surface area (Å²) < 4.78 is 40.5. The standard InChI is InChI=1S/C21H32FN3O3S/c1-5-16(4)14-25-20(26)19(15(2)3)23-21(25)10-12-24(13-11-21)29(27,28)18-8-6-17(22)7-9-18/h6-9,15-16,19,23H,5,10-14H2,1-4H3/t16-,19+/m1/s1. The summed E-state index contributed by atoms with van der Waals surface area (Å²) in [6.07, 6.45) is 2.06. The minimum Gasteiger partial charge on any atom is -0.323 e.